The average Bonchev–Trinajstić information content (AvgIpc) is 3.11. The van der Waals surface area contributed by atoms with Gasteiger partial charge in [0.25, 0.3) is 0 Å². The van der Waals surface area contributed by atoms with Gasteiger partial charge in [-0.1, -0.05) is 31.4 Å². The Morgan fingerprint density at radius 3 is 2.67 bits per heavy atom. The van der Waals surface area contributed by atoms with Gasteiger partial charge in [0.05, 0.1) is 0 Å². The number of hydrogen-bond donors (Lipinski definition) is 0. The molecule has 2 aliphatic heterocycles. The number of benzene rings is 1. The Morgan fingerprint density at radius 2 is 1.87 bits per heavy atom. The predicted molar refractivity (Wildman–Crippen MR) is 112 cm³/mol. The van der Waals surface area contributed by atoms with Gasteiger partial charge in [0.15, 0.2) is 0 Å². The molecular formula is C23H29FN4O2. The smallest absolute Gasteiger partial charge is 0.298 e. The van der Waals surface area contributed by atoms with Gasteiger partial charge in [-0.3, -0.25) is 19.1 Å². The highest BCUT2D eigenvalue weighted by atomic mass is 19.1. The zero-order chi connectivity index (χ0) is 20.7. The van der Waals surface area contributed by atoms with Crippen LogP contribution in [0, 0.1) is 17.7 Å². The molecule has 6 nitrogen and oxygen atoms in total. The maximum atomic E-state index is 13.6. The van der Waals surface area contributed by atoms with Gasteiger partial charge in [0.1, 0.15) is 11.6 Å². The Morgan fingerprint density at radius 1 is 1.03 bits per heavy atom. The van der Waals surface area contributed by atoms with Gasteiger partial charge in [-0.2, -0.15) is 5.10 Å². The first-order valence-corrected chi connectivity index (χ1v) is 11.3. The Kier molecular flexibility index (Phi) is 5.31. The normalized spacial score (nSPS) is 24.6. The van der Waals surface area contributed by atoms with Crippen LogP contribution >= 0.6 is 0 Å². The number of fused-ring (bicyclic) bond motifs is 3. The first-order valence-electron chi connectivity index (χ1n) is 11.3. The number of aromatic nitrogens is 3. The molecule has 2 atom stereocenters. The maximum absolute atomic E-state index is 13.6. The van der Waals surface area contributed by atoms with E-state index in [4.69, 9.17) is 5.10 Å². The van der Waals surface area contributed by atoms with Crippen molar-refractivity contribution in [3.63, 3.8) is 0 Å². The molecule has 0 amide bonds. The van der Waals surface area contributed by atoms with Crippen molar-refractivity contribution in [1.82, 2.24) is 19.2 Å². The molecular weight excluding hydrogens is 383 g/mol. The Balaban J connectivity index is 1.38. The van der Waals surface area contributed by atoms with Gasteiger partial charge in [-0.15, -0.1) is 0 Å². The number of halogens is 1. The Labute approximate surface area is 175 Å². The number of nitrogens with zero attached hydrogens (tertiary/aromatic N) is 4. The summed E-state index contributed by atoms with van der Waals surface area (Å²) in [4.78, 5) is 27.8. The summed E-state index contributed by atoms with van der Waals surface area (Å²) in [5, 5.41) is 4.73. The van der Waals surface area contributed by atoms with E-state index in [-0.39, 0.29) is 11.7 Å². The Hall–Kier alpha value is -2.28. The standard InChI is InChI=1S/C23H29FN4O2/c24-19-8-4-7-17(11-19)12-26-10-9-18-14-27-21(20(18)15-26)25-28(23(30)22(27)29)13-16-5-2-1-3-6-16/h4,7-8,11,16,18,20H,1-3,5-6,9-10,12-15H2. The molecule has 0 bridgehead atoms. The van der Waals surface area contributed by atoms with E-state index in [2.05, 4.69) is 4.90 Å². The molecule has 0 N–H and O–H groups in total. The van der Waals surface area contributed by atoms with Crippen molar-refractivity contribution in [2.24, 2.45) is 11.8 Å². The maximum Gasteiger partial charge on any atom is 0.332 e. The zero-order valence-corrected chi connectivity index (χ0v) is 17.3. The lowest BCUT2D eigenvalue weighted by molar-refractivity contribution is 0.157. The third-order valence-corrected chi connectivity index (χ3v) is 7.20. The molecule has 3 heterocycles. The third kappa shape index (κ3) is 3.75. The number of hydrogen-bond acceptors (Lipinski definition) is 4. The first kappa shape index (κ1) is 19.7. The molecule has 7 heteroatoms. The molecule has 1 aromatic heterocycles. The molecule has 2 unspecified atom stereocenters. The number of likely N-dealkylation sites (tertiary alicyclic amines) is 1. The molecule has 160 valence electrons. The highest BCUT2D eigenvalue weighted by molar-refractivity contribution is 5.17. The van der Waals surface area contributed by atoms with Gasteiger partial charge in [-0.25, -0.2) is 9.07 Å². The van der Waals surface area contributed by atoms with Crippen LogP contribution in [0.3, 0.4) is 0 Å². The second-order valence-electron chi connectivity index (χ2n) is 9.29. The molecule has 1 saturated heterocycles. The summed E-state index contributed by atoms with van der Waals surface area (Å²) in [6.07, 6.45) is 6.84. The second-order valence-corrected chi connectivity index (χ2v) is 9.29. The van der Waals surface area contributed by atoms with E-state index in [1.54, 1.807) is 16.7 Å². The molecule has 1 aromatic carbocycles. The van der Waals surface area contributed by atoms with Crippen LogP contribution in [0.1, 0.15) is 55.8 Å². The van der Waals surface area contributed by atoms with E-state index in [0.717, 1.165) is 43.7 Å². The van der Waals surface area contributed by atoms with Gasteiger partial charge in [0, 0.05) is 32.1 Å². The minimum absolute atomic E-state index is 0.151. The van der Waals surface area contributed by atoms with Crippen molar-refractivity contribution < 1.29 is 4.39 Å². The van der Waals surface area contributed by atoms with Crippen LogP contribution in [0.15, 0.2) is 33.9 Å². The minimum atomic E-state index is -0.473. The lowest BCUT2D eigenvalue weighted by atomic mass is 9.87. The van der Waals surface area contributed by atoms with Crippen LogP contribution in [0.25, 0.3) is 0 Å². The second kappa shape index (κ2) is 8.10. The topological polar surface area (TPSA) is 60.1 Å². The van der Waals surface area contributed by atoms with Crippen LogP contribution in [0.2, 0.25) is 0 Å². The minimum Gasteiger partial charge on any atom is -0.298 e. The monoisotopic (exact) mass is 412 g/mol. The summed E-state index contributed by atoms with van der Waals surface area (Å²) in [6.45, 7) is 3.54. The molecule has 5 rings (SSSR count). The van der Waals surface area contributed by atoms with Crippen molar-refractivity contribution in [3.8, 4) is 0 Å². The SMILES string of the molecule is O=c1c(=O)n2c(nn1CC1CCCCC1)C1CN(Cc3cccc(F)c3)CCC1C2. The fourth-order valence-corrected chi connectivity index (χ4v) is 5.59. The van der Waals surface area contributed by atoms with E-state index < -0.39 is 11.1 Å². The lowest BCUT2D eigenvalue weighted by Gasteiger charge is -2.34. The van der Waals surface area contributed by atoms with Crippen LogP contribution in [-0.2, 0) is 19.6 Å². The third-order valence-electron chi connectivity index (χ3n) is 7.20. The van der Waals surface area contributed by atoms with Crippen LogP contribution in [0.5, 0.6) is 0 Å². The molecule has 0 radical (unpaired) electrons. The summed E-state index contributed by atoms with van der Waals surface area (Å²) >= 11 is 0. The highest BCUT2D eigenvalue weighted by Crippen LogP contribution is 2.37. The van der Waals surface area contributed by atoms with E-state index >= 15 is 0 Å². The van der Waals surface area contributed by atoms with Gasteiger partial charge >= 0.3 is 11.1 Å². The Bertz CT molecular complexity index is 1040. The van der Waals surface area contributed by atoms with Crippen LogP contribution < -0.4 is 11.1 Å². The number of rotatable bonds is 4. The lowest BCUT2D eigenvalue weighted by Crippen LogP contribution is -2.44. The zero-order valence-electron chi connectivity index (χ0n) is 17.3. The van der Waals surface area contributed by atoms with Crippen molar-refractivity contribution in [1.29, 1.82) is 0 Å². The summed E-state index contributed by atoms with van der Waals surface area (Å²) < 4.78 is 16.6. The van der Waals surface area contributed by atoms with Crippen molar-refractivity contribution in [2.75, 3.05) is 13.1 Å². The first-order chi connectivity index (χ1) is 14.6. The van der Waals surface area contributed by atoms with E-state index in [0.29, 0.717) is 31.5 Å². The predicted octanol–water partition coefficient (Wildman–Crippen LogP) is 2.74. The van der Waals surface area contributed by atoms with Crippen molar-refractivity contribution in [3.05, 3.63) is 62.2 Å². The van der Waals surface area contributed by atoms with E-state index in [1.807, 2.05) is 6.07 Å². The molecule has 30 heavy (non-hydrogen) atoms. The fourth-order valence-electron chi connectivity index (χ4n) is 5.59. The molecule has 2 fully saturated rings. The number of piperidine rings is 1. The van der Waals surface area contributed by atoms with Gasteiger partial charge < -0.3 is 0 Å². The van der Waals surface area contributed by atoms with Crippen molar-refractivity contribution in [2.45, 2.75) is 64.1 Å². The van der Waals surface area contributed by atoms with Crippen molar-refractivity contribution >= 4 is 0 Å². The summed E-state index contributed by atoms with van der Waals surface area (Å²) in [6, 6.07) is 6.74. The van der Waals surface area contributed by atoms with Gasteiger partial charge in [-0.05, 0) is 55.3 Å². The van der Waals surface area contributed by atoms with Gasteiger partial charge in [0.2, 0.25) is 0 Å². The summed E-state index contributed by atoms with van der Waals surface area (Å²) in [5.41, 5.74) is 0.0699. The molecule has 1 aliphatic carbocycles. The fraction of sp³-hybridized carbons (Fsp3) is 0.609. The quantitative estimate of drug-likeness (QED) is 0.725. The van der Waals surface area contributed by atoms with E-state index in [1.165, 1.54) is 30.0 Å². The largest absolute Gasteiger partial charge is 0.332 e. The summed E-state index contributed by atoms with van der Waals surface area (Å²) in [5.74, 6) is 1.49. The molecule has 2 aromatic rings. The molecule has 0 spiro atoms. The highest BCUT2D eigenvalue weighted by Gasteiger charge is 2.40. The average molecular weight is 413 g/mol. The molecule has 3 aliphatic rings. The molecule has 1 saturated carbocycles. The summed E-state index contributed by atoms with van der Waals surface area (Å²) in [7, 11) is 0. The van der Waals surface area contributed by atoms with Crippen LogP contribution in [-0.4, -0.2) is 32.3 Å². The van der Waals surface area contributed by atoms with E-state index in [9.17, 15) is 14.0 Å². The van der Waals surface area contributed by atoms with Crippen LogP contribution in [0.4, 0.5) is 4.39 Å².